The lowest BCUT2D eigenvalue weighted by atomic mass is 10.3. The Kier molecular flexibility index (Phi) is 2.47. The molecule has 0 saturated carbocycles. The zero-order chi connectivity index (χ0) is 12.0. The van der Waals surface area contributed by atoms with Crippen LogP contribution in [0.2, 0.25) is 0 Å². The number of sulfone groups is 2. The molecule has 1 heterocycles. The minimum atomic E-state index is -3.42. The second-order valence-electron chi connectivity index (χ2n) is 3.65. The van der Waals surface area contributed by atoms with Crippen molar-refractivity contribution >= 4 is 25.4 Å². The van der Waals surface area contributed by atoms with Crippen LogP contribution in [0.25, 0.3) is 0 Å². The van der Waals surface area contributed by atoms with Crippen molar-refractivity contribution in [1.29, 1.82) is 0 Å². The van der Waals surface area contributed by atoms with Gasteiger partial charge in [0.15, 0.2) is 19.7 Å². The van der Waals surface area contributed by atoms with Gasteiger partial charge in [0.2, 0.25) is 0 Å². The first kappa shape index (κ1) is 11.4. The molecule has 1 aliphatic rings. The second kappa shape index (κ2) is 3.46. The Labute approximate surface area is 94.3 Å². The summed E-state index contributed by atoms with van der Waals surface area (Å²) in [6.07, 6.45) is 1.06. The monoisotopic (exact) mass is 261 g/mol. The first-order valence-corrected chi connectivity index (χ1v) is 8.16. The van der Waals surface area contributed by atoms with Gasteiger partial charge >= 0.3 is 0 Å². The van der Waals surface area contributed by atoms with Crippen LogP contribution in [0.3, 0.4) is 0 Å². The lowest BCUT2D eigenvalue weighted by Gasteiger charge is -2.20. The maximum Gasteiger partial charge on any atom is 0.182 e. The van der Waals surface area contributed by atoms with Gasteiger partial charge in [-0.25, -0.2) is 16.8 Å². The van der Waals surface area contributed by atoms with E-state index < -0.39 is 19.7 Å². The molecular formula is C9H11NO4S2. The molecule has 1 aromatic carbocycles. The van der Waals surface area contributed by atoms with Gasteiger partial charge in [-0.05, 0) is 12.1 Å². The molecular weight excluding hydrogens is 250 g/mol. The summed E-state index contributed by atoms with van der Waals surface area (Å²) in [6, 6.07) is 4.27. The third kappa shape index (κ3) is 1.80. The predicted octanol–water partition coefficient (Wildman–Crippen LogP) is 0.289. The third-order valence-corrected chi connectivity index (χ3v) is 5.29. The molecule has 0 saturated heterocycles. The van der Waals surface area contributed by atoms with Gasteiger partial charge < -0.3 is 5.32 Å². The first-order valence-electron chi connectivity index (χ1n) is 4.62. The highest BCUT2D eigenvalue weighted by atomic mass is 32.2. The summed E-state index contributed by atoms with van der Waals surface area (Å²) >= 11 is 0. The van der Waals surface area contributed by atoms with Crippen molar-refractivity contribution in [3.8, 4) is 0 Å². The number of fused-ring (bicyclic) bond motifs is 1. The van der Waals surface area contributed by atoms with E-state index in [-0.39, 0.29) is 27.8 Å². The minimum absolute atomic E-state index is 0.00673. The molecule has 5 nitrogen and oxygen atoms in total. The van der Waals surface area contributed by atoms with Crippen LogP contribution in [0.5, 0.6) is 0 Å². The van der Waals surface area contributed by atoms with Crippen LogP contribution in [-0.4, -0.2) is 35.4 Å². The molecule has 0 bridgehead atoms. The quantitative estimate of drug-likeness (QED) is 0.786. The average Bonchev–Trinajstić information content (AvgIpc) is 2.15. The molecule has 7 heteroatoms. The van der Waals surface area contributed by atoms with Gasteiger partial charge in [-0.2, -0.15) is 0 Å². The van der Waals surface area contributed by atoms with Crippen molar-refractivity contribution in [3.05, 3.63) is 18.2 Å². The number of benzene rings is 1. The third-order valence-electron chi connectivity index (χ3n) is 2.40. The van der Waals surface area contributed by atoms with Crippen LogP contribution < -0.4 is 5.32 Å². The summed E-state index contributed by atoms with van der Waals surface area (Å²) < 4.78 is 46.4. The molecule has 1 aromatic rings. The normalized spacial score (nSPS) is 18.6. The van der Waals surface area contributed by atoms with Gasteiger partial charge in [-0.1, -0.05) is 6.07 Å². The van der Waals surface area contributed by atoms with Crippen LogP contribution in [0, 0.1) is 0 Å². The fourth-order valence-electron chi connectivity index (χ4n) is 1.67. The lowest BCUT2D eigenvalue weighted by Crippen LogP contribution is -2.24. The van der Waals surface area contributed by atoms with Gasteiger partial charge in [-0.3, -0.25) is 0 Å². The van der Waals surface area contributed by atoms with Crippen LogP contribution >= 0.6 is 0 Å². The van der Waals surface area contributed by atoms with Crippen LogP contribution in [0.4, 0.5) is 5.69 Å². The highest BCUT2D eigenvalue weighted by molar-refractivity contribution is 7.92. The maximum atomic E-state index is 11.7. The highest BCUT2D eigenvalue weighted by Crippen LogP contribution is 2.32. The van der Waals surface area contributed by atoms with Crippen molar-refractivity contribution in [1.82, 2.24) is 0 Å². The number of rotatable bonds is 1. The fraction of sp³-hybridized carbons (Fsp3) is 0.333. The van der Waals surface area contributed by atoms with Crippen molar-refractivity contribution in [2.75, 3.05) is 23.9 Å². The Morgan fingerprint density at radius 2 is 2.00 bits per heavy atom. The maximum absolute atomic E-state index is 11.7. The Morgan fingerprint density at radius 1 is 1.31 bits per heavy atom. The minimum Gasteiger partial charge on any atom is -0.382 e. The standard InChI is InChI=1S/C9H11NO4S2/c1-15(11,12)7-3-2-4-8-9(7)10-5-6-16(8,13)14/h2-4,10H,5-6H2,1H3. The number of hydrogen-bond donors (Lipinski definition) is 1. The van der Waals surface area contributed by atoms with Crippen molar-refractivity contribution in [2.24, 2.45) is 0 Å². The van der Waals surface area contributed by atoms with Gasteiger partial charge in [0, 0.05) is 12.8 Å². The van der Waals surface area contributed by atoms with E-state index in [1.54, 1.807) is 0 Å². The zero-order valence-corrected chi connectivity index (χ0v) is 10.2. The largest absolute Gasteiger partial charge is 0.382 e. The van der Waals surface area contributed by atoms with E-state index in [1.165, 1.54) is 18.2 Å². The Balaban J connectivity index is 2.80. The molecule has 0 aliphatic carbocycles. The van der Waals surface area contributed by atoms with Crippen molar-refractivity contribution in [3.63, 3.8) is 0 Å². The number of nitrogens with one attached hydrogen (secondary N) is 1. The first-order chi connectivity index (χ1) is 7.32. The molecule has 0 amide bonds. The molecule has 1 aliphatic heterocycles. The summed E-state index contributed by atoms with van der Waals surface area (Å²) in [5.41, 5.74) is 0.205. The zero-order valence-electron chi connectivity index (χ0n) is 8.60. The van der Waals surface area contributed by atoms with Gasteiger partial charge in [0.05, 0.1) is 21.2 Å². The Bertz CT molecular complexity index is 617. The number of anilines is 1. The molecule has 0 unspecified atom stereocenters. The van der Waals surface area contributed by atoms with Crippen molar-refractivity contribution in [2.45, 2.75) is 9.79 Å². The average molecular weight is 261 g/mol. The lowest BCUT2D eigenvalue weighted by molar-refractivity contribution is 0.594. The Morgan fingerprint density at radius 3 is 2.62 bits per heavy atom. The molecule has 1 N–H and O–H groups in total. The Hall–Kier alpha value is -1.08. The SMILES string of the molecule is CS(=O)(=O)c1cccc2c1NCCS2(=O)=O. The second-order valence-corrected chi connectivity index (χ2v) is 7.71. The van der Waals surface area contributed by atoms with Gasteiger partial charge in [0.25, 0.3) is 0 Å². The topological polar surface area (TPSA) is 80.3 Å². The van der Waals surface area contributed by atoms with E-state index in [1.807, 2.05) is 0 Å². The smallest absolute Gasteiger partial charge is 0.182 e. The van der Waals surface area contributed by atoms with Crippen LogP contribution in [0.1, 0.15) is 0 Å². The number of hydrogen-bond acceptors (Lipinski definition) is 5. The molecule has 0 spiro atoms. The predicted molar refractivity (Wildman–Crippen MR) is 60.1 cm³/mol. The van der Waals surface area contributed by atoms with E-state index in [0.29, 0.717) is 0 Å². The number of para-hydroxylation sites is 1. The fourth-order valence-corrected chi connectivity index (χ4v) is 3.99. The molecule has 0 atom stereocenters. The summed E-state index contributed by atoms with van der Waals surface area (Å²) in [5.74, 6) is -0.00673. The molecule has 0 radical (unpaired) electrons. The van der Waals surface area contributed by atoms with E-state index >= 15 is 0 Å². The summed E-state index contributed by atoms with van der Waals surface area (Å²) in [5, 5.41) is 2.84. The van der Waals surface area contributed by atoms with E-state index in [0.717, 1.165) is 6.26 Å². The molecule has 0 fully saturated rings. The van der Waals surface area contributed by atoms with Crippen LogP contribution in [0.15, 0.2) is 28.0 Å². The summed E-state index contributed by atoms with van der Waals surface area (Å²) in [4.78, 5) is 0.106. The van der Waals surface area contributed by atoms with Crippen molar-refractivity contribution < 1.29 is 16.8 Å². The van der Waals surface area contributed by atoms with Gasteiger partial charge in [-0.15, -0.1) is 0 Å². The summed E-state index contributed by atoms with van der Waals surface area (Å²) in [6.45, 7) is 0.238. The van der Waals surface area contributed by atoms with Gasteiger partial charge in [0.1, 0.15) is 0 Å². The molecule has 2 rings (SSSR count). The molecule has 16 heavy (non-hydrogen) atoms. The molecule has 88 valence electrons. The molecule has 0 aromatic heterocycles. The van der Waals surface area contributed by atoms with E-state index in [2.05, 4.69) is 5.32 Å². The van der Waals surface area contributed by atoms with Crippen LogP contribution in [-0.2, 0) is 19.7 Å². The van der Waals surface area contributed by atoms with E-state index in [4.69, 9.17) is 0 Å². The highest BCUT2D eigenvalue weighted by Gasteiger charge is 2.27. The van der Waals surface area contributed by atoms with E-state index in [9.17, 15) is 16.8 Å². The summed E-state index contributed by atoms with van der Waals surface area (Å²) in [7, 11) is -6.77.